The Bertz CT molecular complexity index is 2360. The van der Waals surface area contributed by atoms with Crippen molar-refractivity contribution in [3.05, 3.63) is 212 Å². The fraction of sp³-hybridized carbons (Fsp3) is 0. The van der Waals surface area contributed by atoms with Crippen molar-refractivity contribution in [2.45, 2.75) is 0 Å². The third-order valence-electron chi connectivity index (χ3n) is 9.64. The van der Waals surface area contributed by atoms with Gasteiger partial charge in [-0.1, -0.05) is 140 Å². The summed E-state index contributed by atoms with van der Waals surface area (Å²) in [5, 5.41) is 4.64. The fourth-order valence-electron chi connectivity index (χ4n) is 7.30. The molecule has 0 aliphatic heterocycles. The van der Waals surface area contributed by atoms with Crippen LogP contribution in [0.1, 0.15) is 0 Å². The highest BCUT2D eigenvalue weighted by Crippen LogP contribution is 2.44. The first-order valence-corrected chi connectivity index (χ1v) is 17.7. The summed E-state index contributed by atoms with van der Waals surface area (Å²) in [6.07, 6.45) is 0. The van der Waals surface area contributed by atoms with Crippen molar-refractivity contribution in [2.24, 2.45) is 0 Å². The Morgan fingerprint density at radius 3 is 0.904 bits per heavy atom. The summed E-state index contributed by atoms with van der Waals surface area (Å²) in [6.45, 7) is 0. The van der Waals surface area contributed by atoms with E-state index < -0.39 is 0 Å². The zero-order valence-corrected chi connectivity index (χ0v) is 28.5. The highest BCUT2D eigenvalue weighted by Gasteiger charge is 2.19. The number of aromatic nitrogens is 1. The van der Waals surface area contributed by atoms with E-state index in [0.29, 0.717) is 0 Å². The molecule has 8 aromatic carbocycles. The summed E-state index contributed by atoms with van der Waals surface area (Å²) >= 11 is 0. The van der Waals surface area contributed by atoms with Crippen LogP contribution in [0, 0.1) is 0 Å². The van der Waals surface area contributed by atoms with Crippen molar-refractivity contribution < 1.29 is 0 Å². The van der Waals surface area contributed by atoms with Gasteiger partial charge >= 0.3 is 0 Å². The maximum atomic E-state index is 5.37. The van der Waals surface area contributed by atoms with Gasteiger partial charge in [0.05, 0.1) is 22.8 Å². The smallest absolute Gasteiger partial charge is 0.0715 e. The molecule has 0 unspecified atom stereocenters. The number of rotatable bonds is 8. The second-order valence-corrected chi connectivity index (χ2v) is 12.8. The normalized spacial score (nSPS) is 11.1. The molecule has 1 aromatic heterocycles. The molecule has 0 spiro atoms. The average molecular weight is 666 g/mol. The van der Waals surface area contributed by atoms with Gasteiger partial charge in [0.15, 0.2) is 0 Å². The van der Waals surface area contributed by atoms with E-state index >= 15 is 0 Å². The minimum Gasteiger partial charge on any atom is -0.310 e. The second kappa shape index (κ2) is 13.7. The van der Waals surface area contributed by atoms with Crippen molar-refractivity contribution in [1.82, 2.24) is 4.98 Å². The second-order valence-electron chi connectivity index (χ2n) is 12.8. The van der Waals surface area contributed by atoms with Crippen molar-refractivity contribution in [1.29, 1.82) is 0 Å². The third kappa shape index (κ3) is 5.74. The topological polar surface area (TPSA) is 19.4 Å². The van der Waals surface area contributed by atoms with E-state index in [2.05, 4.69) is 222 Å². The lowest BCUT2D eigenvalue weighted by Crippen LogP contribution is -2.10. The van der Waals surface area contributed by atoms with Crippen LogP contribution in [0.3, 0.4) is 0 Å². The molecule has 0 radical (unpaired) electrons. The van der Waals surface area contributed by atoms with Crippen LogP contribution in [0.4, 0.5) is 34.1 Å². The van der Waals surface area contributed by atoms with Crippen LogP contribution in [0.5, 0.6) is 0 Å². The molecule has 0 aliphatic rings. The van der Waals surface area contributed by atoms with Crippen molar-refractivity contribution in [3.63, 3.8) is 0 Å². The molecule has 9 rings (SSSR count). The Morgan fingerprint density at radius 1 is 0.250 bits per heavy atom. The van der Waals surface area contributed by atoms with Crippen LogP contribution < -0.4 is 9.80 Å². The molecule has 0 aliphatic carbocycles. The van der Waals surface area contributed by atoms with E-state index in [1.807, 2.05) is 0 Å². The van der Waals surface area contributed by atoms with Crippen molar-refractivity contribution >= 4 is 55.7 Å². The van der Waals surface area contributed by atoms with E-state index in [4.69, 9.17) is 4.98 Å². The van der Waals surface area contributed by atoms with Gasteiger partial charge in [-0.3, -0.25) is 0 Å². The molecule has 3 nitrogen and oxygen atoms in total. The van der Waals surface area contributed by atoms with E-state index in [-0.39, 0.29) is 0 Å². The molecule has 52 heavy (non-hydrogen) atoms. The zero-order valence-electron chi connectivity index (χ0n) is 28.5. The highest BCUT2D eigenvalue weighted by molar-refractivity contribution is 6.07. The molecule has 0 saturated heterocycles. The van der Waals surface area contributed by atoms with Gasteiger partial charge in [0, 0.05) is 44.6 Å². The van der Waals surface area contributed by atoms with Crippen molar-refractivity contribution in [3.8, 4) is 22.5 Å². The van der Waals surface area contributed by atoms with Crippen LogP contribution >= 0.6 is 0 Å². The minimum absolute atomic E-state index is 0.939. The number of benzene rings is 8. The Morgan fingerprint density at radius 2 is 0.558 bits per heavy atom. The number of para-hydroxylation sites is 4. The summed E-state index contributed by atoms with van der Waals surface area (Å²) in [5.74, 6) is 0. The molecule has 0 atom stereocenters. The van der Waals surface area contributed by atoms with Gasteiger partial charge in [-0.15, -0.1) is 0 Å². The van der Waals surface area contributed by atoms with E-state index in [1.54, 1.807) is 0 Å². The summed E-state index contributed by atoms with van der Waals surface area (Å²) in [7, 11) is 0. The van der Waals surface area contributed by atoms with Crippen LogP contribution in [0.15, 0.2) is 212 Å². The molecule has 246 valence electrons. The first-order chi connectivity index (χ1) is 25.8. The first-order valence-electron chi connectivity index (χ1n) is 17.7. The van der Waals surface area contributed by atoms with Gasteiger partial charge in [-0.2, -0.15) is 0 Å². The van der Waals surface area contributed by atoms with Crippen LogP contribution in [0.25, 0.3) is 44.1 Å². The van der Waals surface area contributed by atoms with E-state index in [9.17, 15) is 0 Å². The maximum absolute atomic E-state index is 5.37. The summed E-state index contributed by atoms with van der Waals surface area (Å²) < 4.78 is 0. The minimum atomic E-state index is 0.939. The SMILES string of the molecule is c1ccc(N(c2ccccc2)c2ccc(-c3cccc(-c4ccc(N(c5ccccc5)c5ccccc5)c5ccccc45)n3)c3ccccc23)cc1. The highest BCUT2D eigenvalue weighted by atomic mass is 15.1. The zero-order chi connectivity index (χ0) is 34.7. The van der Waals surface area contributed by atoms with Crippen LogP contribution in [0.2, 0.25) is 0 Å². The van der Waals surface area contributed by atoms with E-state index in [1.165, 1.54) is 0 Å². The van der Waals surface area contributed by atoms with Gasteiger partial charge in [0.25, 0.3) is 0 Å². The van der Waals surface area contributed by atoms with Gasteiger partial charge in [-0.25, -0.2) is 4.98 Å². The Kier molecular flexibility index (Phi) is 8.20. The summed E-state index contributed by atoms with van der Waals surface area (Å²) in [4.78, 5) is 10.0. The van der Waals surface area contributed by atoms with E-state index in [0.717, 1.165) is 78.2 Å². The molecule has 3 heteroatoms. The van der Waals surface area contributed by atoms with Gasteiger partial charge < -0.3 is 9.80 Å². The number of nitrogens with zero attached hydrogens (tertiary/aromatic N) is 3. The first kappa shape index (κ1) is 31.0. The van der Waals surface area contributed by atoms with Crippen LogP contribution in [-0.4, -0.2) is 4.98 Å². The predicted molar refractivity (Wildman–Crippen MR) is 219 cm³/mol. The molecule has 0 saturated carbocycles. The Balaban J connectivity index is 1.17. The van der Waals surface area contributed by atoms with Gasteiger partial charge in [-0.05, 0) is 83.6 Å². The summed E-state index contributed by atoms with van der Waals surface area (Å²) in [5.41, 5.74) is 10.8. The quantitative estimate of drug-likeness (QED) is 0.161. The lowest BCUT2D eigenvalue weighted by atomic mass is 9.97. The average Bonchev–Trinajstić information content (AvgIpc) is 3.23. The molecular formula is C49H35N3. The molecule has 9 aromatic rings. The molecular weight excluding hydrogens is 631 g/mol. The van der Waals surface area contributed by atoms with Gasteiger partial charge in [0.1, 0.15) is 0 Å². The van der Waals surface area contributed by atoms with Crippen LogP contribution in [-0.2, 0) is 0 Å². The maximum Gasteiger partial charge on any atom is 0.0715 e. The number of pyridine rings is 1. The van der Waals surface area contributed by atoms with Gasteiger partial charge in [0.2, 0.25) is 0 Å². The number of hydrogen-bond acceptors (Lipinski definition) is 3. The Labute approximate surface area is 304 Å². The lowest BCUT2D eigenvalue weighted by Gasteiger charge is -2.27. The molecule has 1 heterocycles. The number of anilines is 6. The predicted octanol–water partition coefficient (Wildman–Crippen LogP) is 13.7. The standard InChI is InChI=1S/C49H35N3/c1-5-18-36(19-6-1)51(37-20-7-2-8-21-37)48-34-32-42(40-26-13-15-28-44(40)48)46-30-17-31-47(50-46)43-33-35-49(45-29-16-14-27-41(43)45)52(38-22-9-3-10-23-38)39-24-11-4-12-25-39/h1-35H. The summed E-state index contributed by atoms with van der Waals surface area (Å²) in [6, 6.07) is 74.9. The number of hydrogen-bond donors (Lipinski definition) is 0. The lowest BCUT2D eigenvalue weighted by molar-refractivity contribution is 1.29. The monoisotopic (exact) mass is 665 g/mol. The molecule has 0 N–H and O–H groups in total. The molecule has 0 amide bonds. The Hall–Kier alpha value is -6.97. The third-order valence-corrected chi connectivity index (χ3v) is 9.64. The molecule has 0 bridgehead atoms. The van der Waals surface area contributed by atoms with Crippen molar-refractivity contribution in [2.75, 3.05) is 9.80 Å². The largest absolute Gasteiger partial charge is 0.310 e. The number of fused-ring (bicyclic) bond motifs is 2. The fourth-order valence-corrected chi connectivity index (χ4v) is 7.30. The molecule has 0 fully saturated rings.